The van der Waals surface area contributed by atoms with Gasteiger partial charge in [0.25, 0.3) is 0 Å². The number of hydrogen-bond acceptors (Lipinski definition) is 2. The van der Waals surface area contributed by atoms with Gasteiger partial charge < -0.3 is 5.32 Å². The Labute approximate surface area is 104 Å². The maximum atomic E-state index is 13.0. The number of fused-ring (bicyclic) bond motifs is 1. The zero-order chi connectivity index (χ0) is 12.4. The quantitative estimate of drug-likeness (QED) is 0.679. The fourth-order valence-electron chi connectivity index (χ4n) is 1.95. The summed E-state index contributed by atoms with van der Waals surface area (Å²) in [5.41, 5.74) is 0.922. The Morgan fingerprint density at radius 1 is 0.833 bits per heavy atom. The van der Waals surface area contributed by atoms with Crippen molar-refractivity contribution >= 4 is 22.3 Å². The van der Waals surface area contributed by atoms with Gasteiger partial charge in [0.15, 0.2) is 0 Å². The van der Waals surface area contributed by atoms with Crippen LogP contribution < -0.4 is 5.32 Å². The van der Waals surface area contributed by atoms with Crippen molar-refractivity contribution < 1.29 is 4.39 Å². The van der Waals surface area contributed by atoms with Crippen molar-refractivity contribution in [1.29, 1.82) is 0 Å². The van der Waals surface area contributed by atoms with Gasteiger partial charge in [0.2, 0.25) is 5.95 Å². The van der Waals surface area contributed by atoms with E-state index in [4.69, 9.17) is 0 Å². The third-order valence-electron chi connectivity index (χ3n) is 2.77. The van der Waals surface area contributed by atoms with Crippen molar-refractivity contribution in [3.05, 3.63) is 66.6 Å². The molecule has 3 heteroatoms. The number of nitrogens with zero attached hydrogens (tertiary/aromatic N) is 1. The Hall–Kier alpha value is -2.42. The molecule has 0 radical (unpaired) electrons. The molecule has 1 heterocycles. The highest BCUT2D eigenvalue weighted by atomic mass is 19.1. The molecule has 1 aromatic heterocycles. The van der Waals surface area contributed by atoms with Crippen molar-refractivity contribution in [1.82, 2.24) is 4.98 Å². The number of halogens is 1. The highest BCUT2D eigenvalue weighted by molar-refractivity contribution is 5.95. The third-order valence-corrected chi connectivity index (χ3v) is 2.77. The first kappa shape index (κ1) is 10.7. The molecule has 0 bridgehead atoms. The van der Waals surface area contributed by atoms with Crippen molar-refractivity contribution in [3.63, 3.8) is 0 Å². The summed E-state index contributed by atoms with van der Waals surface area (Å²) in [5, 5.41) is 5.36. The smallest absolute Gasteiger partial charge is 0.214 e. The molecule has 0 saturated heterocycles. The summed E-state index contributed by atoms with van der Waals surface area (Å²) < 4.78 is 13.0. The van der Waals surface area contributed by atoms with Crippen LogP contribution in [0.15, 0.2) is 60.7 Å². The lowest BCUT2D eigenvalue weighted by atomic mass is 10.1. The van der Waals surface area contributed by atoms with E-state index >= 15 is 0 Å². The van der Waals surface area contributed by atoms with Gasteiger partial charge in [-0.3, -0.25) is 0 Å². The average molecular weight is 238 g/mol. The Kier molecular flexibility index (Phi) is 2.65. The predicted octanol–water partition coefficient (Wildman–Crippen LogP) is 4.12. The molecule has 0 spiro atoms. The zero-order valence-electron chi connectivity index (χ0n) is 9.60. The van der Waals surface area contributed by atoms with Gasteiger partial charge >= 0.3 is 0 Å². The molecule has 0 aliphatic carbocycles. The van der Waals surface area contributed by atoms with Crippen LogP contribution in [0.1, 0.15) is 0 Å². The molecule has 2 nitrogen and oxygen atoms in total. The monoisotopic (exact) mass is 238 g/mol. The average Bonchev–Trinajstić information content (AvgIpc) is 2.39. The van der Waals surface area contributed by atoms with E-state index in [1.54, 1.807) is 12.1 Å². The molecule has 0 aliphatic rings. The van der Waals surface area contributed by atoms with Gasteiger partial charge in [0, 0.05) is 11.1 Å². The second-order valence-corrected chi connectivity index (χ2v) is 4.00. The Bertz CT molecular complexity index is 689. The number of hydrogen-bond donors (Lipinski definition) is 1. The normalized spacial score (nSPS) is 10.5. The summed E-state index contributed by atoms with van der Waals surface area (Å²) in [5.74, 6) is 0.0200. The molecule has 3 rings (SSSR count). The predicted molar refractivity (Wildman–Crippen MR) is 71.4 cm³/mol. The third kappa shape index (κ3) is 2.02. The van der Waals surface area contributed by atoms with E-state index in [2.05, 4.69) is 10.3 Å². The van der Waals surface area contributed by atoms with E-state index in [9.17, 15) is 4.39 Å². The van der Waals surface area contributed by atoms with E-state index in [1.807, 2.05) is 42.5 Å². The molecule has 0 fully saturated rings. The maximum absolute atomic E-state index is 13.0. The largest absolute Gasteiger partial charge is 0.340 e. The van der Waals surface area contributed by atoms with Gasteiger partial charge in [-0.25, -0.2) is 4.98 Å². The SMILES string of the molecule is Fc1cccc(Nc2cccc3ccccc23)n1. The number of pyridine rings is 1. The fraction of sp³-hybridized carbons (Fsp3) is 0. The van der Waals surface area contributed by atoms with E-state index in [-0.39, 0.29) is 0 Å². The molecule has 3 aromatic rings. The standard InChI is InChI=1S/C15H11FN2/c16-14-9-4-10-15(18-14)17-13-8-3-6-11-5-1-2-7-12(11)13/h1-10H,(H,17,18). The molecule has 0 saturated carbocycles. The van der Waals surface area contributed by atoms with Crippen molar-refractivity contribution in [2.45, 2.75) is 0 Å². The minimum Gasteiger partial charge on any atom is -0.340 e. The van der Waals surface area contributed by atoms with E-state index in [0.717, 1.165) is 16.5 Å². The number of nitrogens with one attached hydrogen (secondary N) is 1. The molecular weight excluding hydrogens is 227 g/mol. The van der Waals surface area contributed by atoms with Crippen LogP contribution in [-0.2, 0) is 0 Å². The Morgan fingerprint density at radius 3 is 2.50 bits per heavy atom. The van der Waals surface area contributed by atoms with Gasteiger partial charge in [-0.1, -0.05) is 42.5 Å². The second kappa shape index (κ2) is 4.45. The molecule has 0 atom stereocenters. The highest BCUT2D eigenvalue weighted by Crippen LogP contribution is 2.25. The van der Waals surface area contributed by atoms with Gasteiger partial charge in [-0.2, -0.15) is 4.39 Å². The first-order chi connectivity index (χ1) is 8.83. The first-order valence-corrected chi connectivity index (χ1v) is 5.70. The van der Waals surface area contributed by atoms with Crippen LogP contribution in [0.25, 0.3) is 10.8 Å². The summed E-state index contributed by atoms with van der Waals surface area (Å²) in [6, 6.07) is 18.7. The number of anilines is 2. The lowest BCUT2D eigenvalue weighted by Crippen LogP contribution is -1.95. The molecule has 0 unspecified atom stereocenters. The lowest BCUT2D eigenvalue weighted by molar-refractivity contribution is 0.585. The molecule has 18 heavy (non-hydrogen) atoms. The lowest BCUT2D eigenvalue weighted by Gasteiger charge is -2.08. The van der Waals surface area contributed by atoms with Crippen molar-refractivity contribution in [3.8, 4) is 0 Å². The van der Waals surface area contributed by atoms with Crippen LogP contribution in [0.3, 0.4) is 0 Å². The van der Waals surface area contributed by atoms with Gasteiger partial charge in [-0.15, -0.1) is 0 Å². The second-order valence-electron chi connectivity index (χ2n) is 4.00. The summed E-state index contributed by atoms with van der Waals surface area (Å²) in [6.45, 7) is 0. The van der Waals surface area contributed by atoms with Gasteiger partial charge in [-0.05, 0) is 23.6 Å². The van der Waals surface area contributed by atoms with Crippen LogP contribution in [0, 0.1) is 5.95 Å². The number of aromatic nitrogens is 1. The van der Waals surface area contributed by atoms with Crippen LogP contribution in [-0.4, -0.2) is 4.98 Å². The van der Waals surface area contributed by atoms with Crippen molar-refractivity contribution in [2.75, 3.05) is 5.32 Å². The molecule has 0 aliphatic heterocycles. The van der Waals surface area contributed by atoms with Crippen LogP contribution >= 0.6 is 0 Å². The maximum Gasteiger partial charge on any atom is 0.214 e. The zero-order valence-corrected chi connectivity index (χ0v) is 9.60. The van der Waals surface area contributed by atoms with Gasteiger partial charge in [0.05, 0.1) is 0 Å². The van der Waals surface area contributed by atoms with Crippen LogP contribution in [0.2, 0.25) is 0 Å². The first-order valence-electron chi connectivity index (χ1n) is 5.70. The summed E-state index contributed by atoms with van der Waals surface area (Å²) >= 11 is 0. The summed E-state index contributed by atoms with van der Waals surface area (Å²) in [6.07, 6.45) is 0. The van der Waals surface area contributed by atoms with E-state index in [0.29, 0.717) is 5.82 Å². The molecule has 0 amide bonds. The highest BCUT2D eigenvalue weighted by Gasteiger charge is 2.01. The molecule has 1 N–H and O–H groups in total. The minimum absolute atomic E-state index is 0.486. The van der Waals surface area contributed by atoms with Crippen molar-refractivity contribution in [2.24, 2.45) is 0 Å². The number of benzene rings is 2. The van der Waals surface area contributed by atoms with Crippen LogP contribution in [0.5, 0.6) is 0 Å². The summed E-state index contributed by atoms with van der Waals surface area (Å²) in [4.78, 5) is 3.80. The topological polar surface area (TPSA) is 24.9 Å². The van der Waals surface area contributed by atoms with Crippen LogP contribution in [0.4, 0.5) is 15.9 Å². The molecule has 2 aromatic carbocycles. The number of rotatable bonds is 2. The fourth-order valence-corrected chi connectivity index (χ4v) is 1.95. The Morgan fingerprint density at radius 2 is 1.61 bits per heavy atom. The van der Waals surface area contributed by atoms with E-state index in [1.165, 1.54) is 6.07 Å². The Balaban J connectivity index is 2.05. The van der Waals surface area contributed by atoms with E-state index < -0.39 is 5.95 Å². The minimum atomic E-state index is -0.486. The van der Waals surface area contributed by atoms with Gasteiger partial charge in [0.1, 0.15) is 5.82 Å². The molecule has 88 valence electrons. The summed E-state index contributed by atoms with van der Waals surface area (Å²) in [7, 11) is 0. The molecular formula is C15H11FN2.